The fourth-order valence-corrected chi connectivity index (χ4v) is 1.85. The quantitative estimate of drug-likeness (QED) is 0.685. The predicted octanol–water partition coefficient (Wildman–Crippen LogP) is 1.47. The van der Waals surface area contributed by atoms with Gasteiger partial charge in [0.05, 0.1) is 12.0 Å². The molecule has 0 amide bonds. The van der Waals surface area contributed by atoms with E-state index in [0.717, 1.165) is 19.2 Å². The number of halogens is 1. The maximum absolute atomic E-state index is 12.6. The van der Waals surface area contributed by atoms with E-state index < -0.39 is 15.9 Å². The molecule has 0 saturated heterocycles. The van der Waals surface area contributed by atoms with E-state index in [4.69, 9.17) is 0 Å². The van der Waals surface area contributed by atoms with Gasteiger partial charge in [-0.2, -0.15) is 8.42 Å². The summed E-state index contributed by atoms with van der Waals surface area (Å²) in [7, 11) is -2.64. The molecule has 0 heterocycles. The van der Waals surface area contributed by atoms with Gasteiger partial charge in [0, 0.05) is 0 Å². The van der Waals surface area contributed by atoms with Gasteiger partial charge in [-0.05, 0) is 30.7 Å². The topological polar surface area (TPSA) is 43.4 Å². The molecule has 3 nitrogen and oxygen atoms in total. The van der Waals surface area contributed by atoms with E-state index in [0.29, 0.717) is 5.56 Å². The largest absolute Gasteiger partial charge is 0.296 e. The lowest BCUT2D eigenvalue weighted by Gasteiger charge is -2.04. The monoisotopic (exact) mass is 204 g/mol. The van der Waals surface area contributed by atoms with Crippen LogP contribution in [0.2, 0.25) is 0 Å². The fourth-order valence-electron chi connectivity index (χ4n) is 0.983. The van der Waals surface area contributed by atoms with Gasteiger partial charge in [0.25, 0.3) is 10.1 Å². The van der Waals surface area contributed by atoms with Crippen molar-refractivity contribution >= 4 is 10.1 Å². The summed E-state index contributed by atoms with van der Waals surface area (Å²) >= 11 is 0. The van der Waals surface area contributed by atoms with Gasteiger partial charge in [0.2, 0.25) is 0 Å². The molecule has 5 heteroatoms. The van der Waals surface area contributed by atoms with Crippen molar-refractivity contribution in [3.8, 4) is 0 Å². The predicted molar refractivity (Wildman–Crippen MR) is 45.3 cm³/mol. The van der Waals surface area contributed by atoms with Crippen LogP contribution in [0.5, 0.6) is 0 Å². The Hall–Kier alpha value is -0.940. The van der Waals surface area contributed by atoms with Crippen LogP contribution < -0.4 is 0 Å². The third-order valence-electron chi connectivity index (χ3n) is 1.63. The molecule has 0 aliphatic carbocycles. The van der Waals surface area contributed by atoms with Gasteiger partial charge < -0.3 is 0 Å². The molecule has 0 spiro atoms. The van der Waals surface area contributed by atoms with Crippen LogP contribution in [0.3, 0.4) is 0 Å². The van der Waals surface area contributed by atoms with Gasteiger partial charge in [0.1, 0.15) is 5.82 Å². The van der Waals surface area contributed by atoms with Gasteiger partial charge in [0.15, 0.2) is 0 Å². The molecule has 0 atom stereocenters. The zero-order chi connectivity index (χ0) is 10.1. The van der Waals surface area contributed by atoms with Crippen LogP contribution in [0.25, 0.3) is 0 Å². The molecule has 1 aromatic carbocycles. The molecule has 0 aromatic heterocycles. The van der Waals surface area contributed by atoms with Crippen LogP contribution in [0.1, 0.15) is 5.56 Å². The molecule has 0 saturated carbocycles. The molecule has 1 rings (SSSR count). The highest BCUT2D eigenvalue weighted by Crippen LogP contribution is 2.17. The number of aryl methyl sites for hydroxylation is 1. The van der Waals surface area contributed by atoms with Gasteiger partial charge >= 0.3 is 0 Å². The van der Waals surface area contributed by atoms with Crippen molar-refractivity contribution in [2.75, 3.05) is 7.11 Å². The first-order valence-corrected chi connectivity index (χ1v) is 4.95. The van der Waals surface area contributed by atoms with E-state index in [1.165, 1.54) is 13.0 Å². The lowest BCUT2D eigenvalue weighted by molar-refractivity contribution is 0.397. The van der Waals surface area contributed by atoms with Crippen molar-refractivity contribution in [3.63, 3.8) is 0 Å². The first-order chi connectivity index (χ1) is 5.97. The van der Waals surface area contributed by atoms with Crippen LogP contribution in [0.4, 0.5) is 4.39 Å². The zero-order valence-electron chi connectivity index (χ0n) is 7.24. The standard InChI is InChI=1S/C8H9FO3S/c1-6-5-7(9)3-4-8(6)13(10,11)12-2/h3-5H,1-2H3. The van der Waals surface area contributed by atoms with Crippen molar-refractivity contribution in [3.05, 3.63) is 29.6 Å². The Labute approximate surface area is 76.3 Å². The number of hydrogen-bond donors (Lipinski definition) is 0. The first-order valence-electron chi connectivity index (χ1n) is 3.54. The van der Waals surface area contributed by atoms with Gasteiger partial charge in [-0.25, -0.2) is 4.39 Å². The Balaban J connectivity index is 3.33. The fraction of sp³-hybridized carbons (Fsp3) is 0.250. The second kappa shape index (κ2) is 3.43. The summed E-state index contributed by atoms with van der Waals surface area (Å²) in [6.07, 6.45) is 0. The number of hydrogen-bond acceptors (Lipinski definition) is 3. The molecule has 1 aromatic rings. The van der Waals surface area contributed by atoms with Gasteiger partial charge in [-0.1, -0.05) is 0 Å². The highest BCUT2D eigenvalue weighted by Gasteiger charge is 2.15. The molecule has 0 radical (unpaired) electrons. The summed E-state index contributed by atoms with van der Waals surface area (Å²) in [5.74, 6) is -0.465. The molecular weight excluding hydrogens is 195 g/mol. The van der Waals surface area contributed by atoms with Crippen LogP contribution in [-0.2, 0) is 14.3 Å². The molecule has 0 bridgehead atoms. The molecule has 0 aliphatic heterocycles. The van der Waals surface area contributed by atoms with E-state index in [1.807, 2.05) is 0 Å². The smallest absolute Gasteiger partial charge is 0.270 e. The molecule has 72 valence electrons. The Morgan fingerprint density at radius 2 is 2.00 bits per heavy atom. The summed E-state index contributed by atoms with van der Waals surface area (Å²) < 4.78 is 39.3. The van der Waals surface area contributed by atoms with E-state index in [-0.39, 0.29) is 4.90 Å². The molecule has 13 heavy (non-hydrogen) atoms. The van der Waals surface area contributed by atoms with Crippen molar-refractivity contribution in [2.45, 2.75) is 11.8 Å². The third-order valence-corrected chi connectivity index (χ3v) is 3.06. The van der Waals surface area contributed by atoms with Crippen molar-refractivity contribution in [1.82, 2.24) is 0 Å². The van der Waals surface area contributed by atoms with E-state index in [1.54, 1.807) is 0 Å². The average Bonchev–Trinajstić information content (AvgIpc) is 2.03. The lowest BCUT2D eigenvalue weighted by atomic mass is 10.2. The summed E-state index contributed by atoms with van der Waals surface area (Å²) in [6, 6.07) is 3.41. The summed E-state index contributed by atoms with van der Waals surface area (Å²) in [5.41, 5.74) is 0.335. The Morgan fingerprint density at radius 3 is 2.46 bits per heavy atom. The second-order valence-electron chi connectivity index (χ2n) is 2.53. The molecule has 0 aliphatic rings. The average molecular weight is 204 g/mol. The number of benzene rings is 1. The summed E-state index contributed by atoms with van der Waals surface area (Å²) in [6.45, 7) is 1.51. The Morgan fingerprint density at radius 1 is 1.38 bits per heavy atom. The lowest BCUT2D eigenvalue weighted by Crippen LogP contribution is -2.04. The maximum Gasteiger partial charge on any atom is 0.296 e. The first kappa shape index (κ1) is 10.1. The molecular formula is C8H9FO3S. The van der Waals surface area contributed by atoms with E-state index in [2.05, 4.69) is 4.18 Å². The third kappa shape index (κ3) is 2.05. The molecule has 0 fully saturated rings. The van der Waals surface area contributed by atoms with E-state index in [9.17, 15) is 12.8 Å². The minimum atomic E-state index is -3.71. The minimum absolute atomic E-state index is 0.00333. The SMILES string of the molecule is COS(=O)(=O)c1ccc(F)cc1C. The molecule has 0 N–H and O–H groups in total. The van der Waals surface area contributed by atoms with E-state index >= 15 is 0 Å². The Bertz CT molecular complexity index is 411. The van der Waals surface area contributed by atoms with Crippen molar-refractivity contribution in [1.29, 1.82) is 0 Å². The summed E-state index contributed by atoms with van der Waals surface area (Å²) in [4.78, 5) is -0.00333. The minimum Gasteiger partial charge on any atom is -0.270 e. The van der Waals surface area contributed by atoms with Crippen LogP contribution >= 0.6 is 0 Å². The normalized spacial score (nSPS) is 11.6. The van der Waals surface area contributed by atoms with Gasteiger partial charge in [-0.3, -0.25) is 4.18 Å². The summed E-state index contributed by atoms with van der Waals surface area (Å²) in [5, 5.41) is 0. The molecule has 0 unspecified atom stereocenters. The van der Waals surface area contributed by atoms with Gasteiger partial charge in [-0.15, -0.1) is 0 Å². The van der Waals surface area contributed by atoms with Crippen molar-refractivity contribution < 1.29 is 17.0 Å². The van der Waals surface area contributed by atoms with Crippen molar-refractivity contribution in [2.24, 2.45) is 0 Å². The highest BCUT2D eigenvalue weighted by molar-refractivity contribution is 7.86. The van der Waals surface area contributed by atoms with Crippen LogP contribution in [0, 0.1) is 12.7 Å². The number of rotatable bonds is 2. The highest BCUT2D eigenvalue weighted by atomic mass is 32.2. The second-order valence-corrected chi connectivity index (χ2v) is 4.21. The zero-order valence-corrected chi connectivity index (χ0v) is 8.06. The van der Waals surface area contributed by atoms with Crippen LogP contribution in [0.15, 0.2) is 23.1 Å². The van der Waals surface area contributed by atoms with Crippen LogP contribution in [-0.4, -0.2) is 15.5 Å². The Kier molecular flexibility index (Phi) is 2.68. The maximum atomic E-state index is 12.6.